The molecule has 1 N–H and O–H groups in total. The molecule has 1 amide bonds. The molecule has 1 saturated heterocycles. The quantitative estimate of drug-likeness (QED) is 0.703. The molecule has 0 radical (unpaired) electrons. The van der Waals surface area contributed by atoms with E-state index in [0.717, 1.165) is 11.1 Å². The number of likely N-dealkylation sites (tertiary alicyclic amines) is 1. The maximum Gasteiger partial charge on any atom is 0.410 e. The van der Waals surface area contributed by atoms with E-state index in [-0.39, 0.29) is 23.0 Å². The van der Waals surface area contributed by atoms with Gasteiger partial charge in [-0.1, -0.05) is 53.7 Å². The summed E-state index contributed by atoms with van der Waals surface area (Å²) in [6.45, 7) is 18.9. The van der Waals surface area contributed by atoms with Gasteiger partial charge < -0.3 is 9.64 Å². The van der Waals surface area contributed by atoms with E-state index in [9.17, 15) is 13.2 Å². The molecule has 1 aromatic rings. The van der Waals surface area contributed by atoms with E-state index in [1.807, 2.05) is 53.7 Å². The minimum Gasteiger partial charge on any atom is -0.444 e. The molecule has 7 heteroatoms. The highest BCUT2D eigenvalue weighted by atomic mass is 32.2. The molecule has 6 nitrogen and oxygen atoms in total. The maximum atomic E-state index is 13.3. The zero-order valence-corrected chi connectivity index (χ0v) is 21.4. The number of amides is 1. The lowest BCUT2D eigenvalue weighted by atomic mass is 9.81. The van der Waals surface area contributed by atoms with Crippen molar-refractivity contribution in [3.63, 3.8) is 0 Å². The molecule has 1 aliphatic heterocycles. The smallest absolute Gasteiger partial charge is 0.410 e. The number of sulfonamides is 1. The lowest BCUT2D eigenvalue weighted by Crippen LogP contribution is -2.47. The normalized spacial score (nSPS) is 17.0. The van der Waals surface area contributed by atoms with Gasteiger partial charge in [-0.15, -0.1) is 0 Å². The average molecular weight is 453 g/mol. The Hall–Kier alpha value is -1.60. The minimum absolute atomic E-state index is 0.0653. The summed E-state index contributed by atoms with van der Waals surface area (Å²) < 4.78 is 34.9. The van der Waals surface area contributed by atoms with Crippen molar-refractivity contribution in [3.05, 3.63) is 29.3 Å². The summed E-state index contributed by atoms with van der Waals surface area (Å²) in [7, 11) is -3.69. The van der Waals surface area contributed by atoms with Crippen molar-refractivity contribution in [2.75, 3.05) is 13.1 Å². The van der Waals surface area contributed by atoms with E-state index in [2.05, 4.69) is 25.5 Å². The zero-order chi connectivity index (χ0) is 23.8. The van der Waals surface area contributed by atoms with Gasteiger partial charge in [0.1, 0.15) is 5.60 Å². The van der Waals surface area contributed by atoms with Crippen LogP contribution in [0.5, 0.6) is 0 Å². The van der Waals surface area contributed by atoms with Gasteiger partial charge in [0.05, 0.1) is 4.90 Å². The van der Waals surface area contributed by atoms with Crippen LogP contribution in [0.2, 0.25) is 0 Å². The number of ether oxygens (including phenoxy) is 1. The summed E-state index contributed by atoms with van der Waals surface area (Å²) in [5, 5.41) is 0. The third-order valence-electron chi connectivity index (χ3n) is 5.41. The van der Waals surface area contributed by atoms with Gasteiger partial charge >= 0.3 is 6.09 Å². The van der Waals surface area contributed by atoms with Gasteiger partial charge in [-0.2, -0.15) is 0 Å². The topological polar surface area (TPSA) is 75.7 Å². The van der Waals surface area contributed by atoms with Crippen molar-refractivity contribution in [2.24, 2.45) is 0 Å². The SMILES string of the molecule is CC(C)(C)OC(=O)N1CCC(NS(=O)(=O)c2ccc(C(C)(C)C)cc2C(C)(C)C)CC1. The molecule has 0 aliphatic carbocycles. The van der Waals surface area contributed by atoms with Crippen molar-refractivity contribution in [3.8, 4) is 0 Å². The second-order valence-electron chi connectivity index (χ2n) is 11.6. The number of benzene rings is 1. The van der Waals surface area contributed by atoms with Crippen molar-refractivity contribution < 1.29 is 17.9 Å². The summed E-state index contributed by atoms with van der Waals surface area (Å²) in [5.74, 6) is 0. The van der Waals surface area contributed by atoms with Crippen LogP contribution in [0.25, 0.3) is 0 Å². The van der Waals surface area contributed by atoms with Crippen LogP contribution in [0.15, 0.2) is 23.1 Å². The molecule has 1 heterocycles. The predicted molar refractivity (Wildman–Crippen MR) is 125 cm³/mol. The minimum atomic E-state index is -3.69. The first-order valence-electron chi connectivity index (χ1n) is 11.1. The van der Waals surface area contributed by atoms with Crippen LogP contribution < -0.4 is 4.72 Å². The van der Waals surface area contributed by atoms with Gasteiger partial charge in [-0.05, 0) is 61.6 Å². The third kappa shape index (κ3) is 6.94. The van der Waals surface area contributed by atoms with Gasteiger partial charge in [0.2, 0.25) is 10.0 Å². The molecule has 1 aliphatic rings. The van der Waals surface area contributed by atoms with Gasteiger partial charge in [-0.3, -0.25) is 0 Å². The van der Waals surface area contributed by atoms with Gasteiger partial charge in [0, 0.05) is 19.1 Å². The van der Waals surface area contributed by atoms with E-state index in [1.165, 1.54) is 0 Å². The standard InChI is InChI=1S/C24H40N2O4S/c1-22(2,3)17-10-11-20(19(16-17)23(4,5)6)31(28,29)25-18-12-14-26(15-13-18)21(27)30-24(7,8)9/h10-11,16,18,25H,12-15H2,1-9H3. The number of carbonyl (C=O) groups excluding carboxylic acids is 1. The van der Waals surface area contributed by atoms with Gasteiger partial charge in [-0.25, -0.2) is 17.9 Å². The first kappa shape index (κ1) is 25.7. The molecular formula is C24H40N2O4S. The largest absolute Gasteiger partial charge is 0.444 e. The molecule has 0 saturated carbocycles. The molecule has 31 heavy (non-hydrogen) atoms. The van der Waals surface area contributed by atoms with Crippen molar-refractivity contribution in [1.29, 1.82) is 0 Å². The fourth-order valence-electron chi connectivity index (χ4n) is 3.61. The first-order chi connectivity index (χ1) is 13.9. The Bertz CT molecular complexity index is 895. The average Bonchev–Trinajstić information content (AvgIpc) is 2.58. The van der Waals surface area contributed by atoms with Gasteiger partial charge in [0.25, 0.3) is 0 Å². The fraction of sp³-hybridized carbons (Fsp3) is 0.708. The number of piperidine rings is 1. The van der Waals surface area contributed by atoms with Crippen molar-refractivity contribution >= 4 is 16.1 Å². The molecule has 2 rings (SSSR count). The molecule has 1 fully saturated rings. The van der Waals surface area contributed by atoms with Crippen LogP contribution >= 0.6 is 0 Å². The van der Waals surface area contributed by atoms with Crippen LogP contribution in [0, 0.1) is 0 Å². The second kappa shape index (κ2) is 8.74. The highest BCUT2D eigenvalue weighted by molar-refractivity contribution is 7.89. The monoisotopic (exact) mass is 452 g/mol. The Morgan fingerprint density at radius 2 is 1.52 bits per heavy atom. The van der Waals surface area contributed by atoms with Crippen LogP contribution in [0.1, 0.15) is 86.3 Å². The van der Waals surface area contributed by atoms with E-state index in [4.69, 9.17) is 4.74 Å². The molecule has 0 atom stereocenters. The summed E-state index contributed by atoms with van der Waals surface area (Å²) in [6.07, 6.45) is 0.772. The van der Waals surface area contributed by atoms with E-state index >= 15 is 0 Å². The first-order valence-corrected chi connectivity index (χ1v) is 12.5. The molecule has 1 aromatic carbocycles. The summed E-state index contributed by atoms with van der Waals surface area (Å²) in [6, 6.07) is 5.47. The highest BCUT2D eigenvalue weighted by Crippen LogP contribution is 2.34. The Morgan fingerprint density at radius 3 is 1.97 bits per heavy atom. The van der Waals surface area contributed by atoms with Crippen LogP contribution in [0.3, 0.4) is 0 Å². The van der Waals surface area contributed by atoms with E-state index < -0.39 is 15.6 Å². The number of carbonyl (C=O) groups is 1. The molecule has 176 valence electrons. The lowest BCUT2D eigenvalue weighted by molar-refractivity contribution is 0.0203. The number of nitrogens with zero attached hydrogens (tertiary/aromatic N) is 1. The highest BCUT2D eigenvalue weighted by Gasteiger charge is 2.32. The van der Waals surface area contributed by atoms with Crippen molar-refractivity contribution in [2.45, 2.75) is 103 Å². The third-order valence-corrected chi connectivity index (χ3v) is 6.99. The molecule has 0 unspecified atom stereocenters. The second-order valence-corrected chi connectivity index (χ2v) is 13.3. The van der Waals surface area contributed by atoms with Crippen LogP contribution in [-0.4, -0.2) is 44.1 Å². The predicted octanol–water partition coefficient (Wildman–Crippen LogP) is 4.96. The van der Waals surface area contributed by atoms with Crippen molar-refractivity contribution in [1.82, 2.24) is 9.62 Å². The Balaban J connectivity index is 2.18. The Kier molecular flexibility index (Phi) is 7.23. The van der Waals surface area contributed by atoms with E-state index in [1.54, 1.807) is 11.0 Å². The zero-order valence-electron chi connectivity index (χ0n) is 20.6. The fourth-order valence-corrected chi connectivity index (χ4v) is 5.31. The molecule has 0 aromatic heterocycles. The Labute approximate surface area is 188 Å². The van der Waals surface area contributed by atoms with Gasteiger partial charge in [0.15, 0.2) is 0 Å². The van der Waals surface area contributed by atoms with E-state index in [0.29, 0.717) is 30.8 Å². The van der Waals surface area contributed by atoms with Crippen LogP contribution in [-0.2, 0) is 25.6 Å². The molecule has 0 bridgehead atoms. The number of hydrogen-bond acceptors (Lipinski definition) is 4. The molecule has 0 spiro atoms. The number of hydrogen-bond donors (Lipinski definition) is 1. The van der Waals surface area contributed by atoms with Crippen LogP contribution in [0.4, 0.5) is 4.79 Å². The Morgan fingerprint density at radius 1 is 0.968 bits per heavy atom. The number of rotatable bonds is 3. The molecular weight excluding hydrogens is 412 g/mol. The number of nitrogens with one attached hydrogen (secondary N) is 1. The summed E-state index contributed by atoms with van der Waals surface area (Å²) in [4.78, 5) is 14.2. The summed E-state index contributed by atoms with van der Waals surface area (Å²) in [5.41, 5.74) is 1.01. The summed E-state index contributed by atoms with van der Waals surface area (Å²) >= 11 is 0. The maximum absolute atomic E-state index is 13.3. The lowest BCUT2D eigenvalue weighted by Gasteiger charge is -2.34.